The van der Waals surface area contributed by atoms with Crippen molar-refractivity contribution in [3.05, 3.63) is 42.4 Å². The lowest BCUT2D eigenvalue weighted by molar-refractivity contribution is 0.459. The fraction of sp³-hybridized carbons (Fsp3) is 0.111. The van der Waals surface area contributed by atoms with Gasteiger partial charge in [0, 0.05) is 24.2 Å². The van der Waals surface area contributed by atoms with Crippen LogP contribution in [0.15, 0.2) is 41.8 Å². The van der Waals surface area contributed by atoms with E-state index in [1.165, 1.54) is 5.01 Å². The molecule has 0 unspecified atom stereocenters. The molecule has 0 bridgehead atoms. The summed E-state index contributed by atoms with van der Waals surface area (Å²) in [6.07, 6.45) is 6.96. The van der Waals surface area contributed by atoms with Gasteiger partial charge >= 0.3 is 0 Å². The molecular weight excluding hydrogens is 164 g/mol. The van der Waals surface area contributed by atoms with Gasteiger partial charge in [-0.2, -0.15) is 0 Å². The molecule has 0 spiro atoms. The number of hydrogen-bond donors (Lipinski definition) is 0. The smallest absolute Gasteiger partial charge is 0.151 e. The highest BCUT2D eigenvalue weighted by Crippen LogP contribution is 2.06. The summed E-state index contributed by atoms with van der Waals surface area (Å²) in [5.41, 5.74) is 0.925. The molecule has 1 aliphatic rings. The standard InChI is InChI=1S/C9H9N4/c10-13-7-1-4-12-9(13)8-2-5-11-6-3-8/h1-6,10H,7H2. The highest BCUT2D eigenvalue weighted by atomic mass is 15.4. The van der Waals surface area contributed by atoms with E-state index >= 15 is 0 Å². The van der Waals surface area contributed by atoms with E-state index in [2.05, 4.69) is 9.98 Å². The van der Waals surface area contributed by atoms with E-state index in [0.717, 1.165) is 5.56 Å². The molecule has 13 heavy (non-hydrogen) atoms. The topological polar surface area (TPSA) is 52.3 Å². The first kappa shape index (κ1) is 7.94. The maximum absolute atomic E-state index is 7.60. The van der Waals surface area contributed by atoms with Gasteiger partial charge in [-0.25, -0.2) is 4.99 Å². The molecule has 0 amide bonds. The molecule has 0 saturated heterocycles. The molecule has 4 nitrogen and oxygen atoms in total. The van der Waals surface area contributed by atoms with Crippen LogP contribution >= 0.6 is 0 Å². The summed E-state index contributed by atoms with van der Waals surface area (Å²) in [7, 11) is 0. The molecule has 2 heterocycles. The average molecular weight is 173 g/mol. The molecule has 0 atom stereocenters. The van der Waals surface area contributed by atoms with E-state index in [0.29, 0.717) is 12.4 Å². The Hall–Kier alpha value is -1.68. The van der Waals surface area contributed by atoms with Gasteiger partial charge in [-0.1, -0.05) is 0 Å². The fourth-order valence-corrected chi connectivity index (χ4v) is 1.16. The van der Waals surface area contributed by atoms with Crippen LogP contribution in [-0.2, 0) is 0 Å². The normalized spacial score (nSPS) is 15.8. The number of nitrogens with zero attached hydrogens (tertiary/aromatic N) is 3. The predicted molar refractivity (Wildman–Crippen MR) is 49.7 cm³/mol. The van der Waals surface area contributed by atoms with Crippen LogP contribution in [0.4, 0.5) is 0 Å². The van der Waals surface area contributed by atoms with Crippen LogP contribution in [0.3, 0.4) is 0 Å². The lowest BCUT2D eigenvalue weighted by atomic mass is 10.2. The molecule has 0 aromatic carbocycles. The van der Waals surface area contributed by atoms with E-state index < -0.39 is 0 Å². The summed E-state index contributed by atoms with van der Waals surface area (Å²) in [6, 6.07) is 3.69. The number of aromatic nitrogens is 1. The Morgan fingerprint density at radius 2 is 2.08 bits per heavy atom. The largest absolute Gasteiger partial charge is 0.273 e. The Kier molecular flexibility index (Phi) is 2.06. The number of pyridine rings is 1. The number of nitrogens with one attached hydrogen (secondary N) is 1. The highest BCUT2D eigenvalue weighted by Gasteiger charge is 2.10. The van der Waals surface area contributed by atoms with Crippen LogP contribution in [0, 0.1) is 0 Å². The van der Waals surface area contributed by atoms with Crippen LogP contribution in [0.5, 0.6) is 0 Å². The van der Waals surface area contributed by atoms with E-state index in [1.54, 1.807) is 18.6 Å². The minimum atomic E-state index is 0.584. The molecule has 0 saturated carbocycles. The third-order valence-electron chi connectivity index (χ3n) is 1.78. The average Bonchev–Trinajstić information content (AvgIpc) is 2.20. The number of aliphatic imine (C=N–C) groups is 1. The van der Waals surface area contributed by atoms with E-state index in [9.17, 15) is 0 Å². The summed E-state index contributed by atoms with van der Waals surface area (Å²) in [6.45, 7) is 0.584. The first-order valence-electron chi connectivity index (χ1n) is 4.00. The van der Waals surface area contributed by atoms with Crippen molar-refractivity contribution in [2.45, 2.75) is 0 Å². The second kappa shape index (κ2) is 3.37. The molecule has 1 aromatic heterocycles. The quantitative estimate of drug-likeness (QED) is 0.632. The van der Waals surface area contributed by atoms with Crippen molar-refractivity contribution in [2.75, 3.05) is 6.54 Å². The summed E-state index contributed by atoms with van der Waals surface area (Å²) in [4.78, 5) is 8.04. The molecule has 65 valence electrons. The van der Waals surface area contributed by atoms with Gasteiger partial charge in [0.2, 0.25) is 0 Å². The molecular formula is C9H9N4. The van der Waals surface area contributed by atoms with E-state index in [4.69, 9.17) is 5.84 Å². The van der Waals surface area contributed by atoms with Gasteiger partial charge in [-0.15, -0.1) is 5.84 Å². The minimum absolute atomic E-state index is 0.584. The Balaban J connectivity index is 2.35. The SMILES string of the molecule is [NH]N1CC=CN=C1c1ccncc1. The van der Waals surface area contributed by atoms with Gasteiger partial charge in [0.25, 0.3) is 0 Å². The molecule has 4 heteroatoms. The van der Waals surface area contributed by atoms with E-state index in [-0.39, 0.29) is 0 Å². The molecule has 0 aliphatic carbocycles. The zero-order valence-corrected chi connectivity index (χ0v) is 7.01. The number of hydrogen-bond acceptors (Lipinski definition) is 3. The maximum atomic E-state index is 7.60. The van der Waals surface area contributed by atoms with Crippen LogP contribution in [-0.4, -0.2) is 22.4 Å². The van der Waals surface area contributed by atoms with Gasteiger partial charge in [-0.05, 0) is 18.2 Å². The van der Waals surface area contributed by atoms with Crippen molar-refractivity contribution < 1.29 is 0 Å². The van der Waals surface area contributed by atoms with Gasteiger partial charge < -0.3 is 0 Å². The Morgan fingerprint density at radius 1 is 1.31 bits per heavy atom. The monoisotopic (exact) mass is 173 g/mol. The predicted octanol–water partition coefficient (Wildman–Crippen LogP) is 0.855. The lowest BCUT2D eigenvalue weighted by Crippen LogP contribution is -2.31. The first-order valence-corrected chi connectivity index (χ1v) is 4.00. The van der Waals surface area contributed by atoms with Gasteiger partial charge in [0.15, 0.2) is 5.84 Å². The van der Waals surface area contributed by atoms with Crippen molar-refractivity contribution in [1.82, 2.24) is 15.8 Å². The summed E-state index contributed by atoms with van der Waals surface area (Å²) in [5.74, 6) is 8.27. The van der Waals surface area contributed by atoms with Crippen molar-refractivity contribution in [3.8, 4) is 0 Å². The zero-order valence-electron chi connectivity index (χ0n) is 7.01. The molecule has 1 aliphatic heterocycles. The number of rotatable bonds is 1. The molecule has 1 aromatic rings. The van der Waals surface area contributed by atoms with E-state index in [1.807, 2.05) is 18.2 Å². The molecule has 1 radical (unpaired) electrons. The van der Waals surface area contributed by atoms with Crippen molar-refractivity contribution in [1.29, 1.82) is 0 Å². The third kappa shape index (κ3) is 1.57. The molecule has 1 N–H and O–H groups in total. The van der Waals surface area contributed by atoms with Crippen LogP contribution in [0.25, 0.3) is 0 Å². The summed E-state index contributed by atoms with van der Waals surface area (Å²) < 4.78 is 0. The van der Waals surface area contributed by atoms with Crippen molar-refractivity contribution >= 4 is 5.84 Å². The van der Waals surface area contributed by atoms with Crippen molar-refractivity contribution in [2.24, 2.45) is 4.99 Å². The Bertz CT molecular complexity index is 342. The highest BCUT2D eigenvalue weighted by molar-refractivity contribution is 5.99. The summed E-state index contributed by atoms with van der Waals surface area (Å²) in [5, 5.41) is 1.36. The fourth-order valence-electron chi connectivity index (χ4n) is 1.16. The lowest BCUT2D eigenvalue weighted by Gasteiger charge is -2.19. The van der Waals surface area contributed by atoms with Crippen LogP contribution < -0.4 is 5.84 Å². The maximum Gasteiger partial charge on any atom is 0.151 e. The van der Waals surface area contributed by atoms with Crippen LogP contribution in [0.2, 0.25) is 0 Å². The Morgan fingerprint density at radius 3 is 2.77 bits per heavy atom. The summed E-state index contributed by atoms with van der Waals surface area (Å²) >= 11 is 0. The van der Waals surface area contributed by atoms with Crippen LogP contribution in [0.1, 0.15) is 5.56 Å². The minimum Gasteiger partial charge on any atom is -0.273 e. The van der Waals surface area contributed by atoms with Gasteiger partial charge in [-0.3, -0.25) is 9.99 Å². The second-order valence-electron chi connectivity index (χ2n) is 2.68. The number of amidine groups is 1. The van der Waals surface area contributed by atoms with Gasteiger partial charge in [0.05, 0.1) is 6.54 Å². The molecule has 0 fully saturated rings. The third-order valence-corrected chi connectivity index (χ3v) is 1.78. The zero-order chi connectivity index (χ0) is 9.10. The van der Waals surface area contributed by atoms with Crippen molar-refractivity contribution in [3.63, 3.8) is 0 Å². The second-order valence-corrected chi connectivity index (χ2v) is 2.68. The first-order chi connectivity index (χ1) is 6.38. The molecule has 2 rings (SSSR count). The van der Waals surface area contributed by atoms with Gasteiger partial charge in [0.1, 0.15) is 0 Å². The Labute approximate surface area is 76.4 Å².